The van der Waals surface area contributed by atoms with E-state index in [0.717, 1.165) is 17.6 Å². The number of aromatic nitrogens is 1. The maximum atomic E-state index is 11.3. The minimum atomic E-state index is 0.231. The largest absolute Gasteiger partial charge is 0.354 e. The van der Waals surface area contributed by atoms with Gasteiger partial charge in [-0.3, -0.25) is 0 Å². The molecule has 2 aromatic carbocycles. The highest BCUT2D eigenvalue weighted by Crippen LogP contribution is 2.31. The molecule has 1 aromatic heterocycles. The highest BCUT2D eigenvalue weighted by atomic mass is 16.1. The Morgan fingerprint density at radius 1 is 1.00 bits per heavy atom. The zero-order chi connectivity index (χ0) is 13.9. The molecule has 0 spiro atoms. The summed E-state index contributed by atoms with van der Waals surface area (Å²) < 4.78 is 0. The predicted octanol–water partition coefficient (Wildman–Crippen LogP) is 4.36. The third-order valence-electron chi connectivity index (χ3n) is 3.60. The highest BCUT2D eigenvalue weighted by molar-refractivity contribution is 5.91. The number of hydrogen-bond acceptors (Lipinski definition) is 1. The molecule has 20 heavy (non-hydrogen) atoms. The molecule has 0 atom stereocenters. The van der Waals surface area contributed by atoms with Crippen LogP contribution in [0.1, 0.15) is 18.9 Å². The van der Waals surface area contributed by atoms with Crippen molar-refractivity contribution in [2.45, 2.75) is 19.8 Å². The van der Waals surface area contributed by atoms with Gasteiger partial charge in [-0.05, 0) is 30.5 Å². The fourth-order valence-corrected chi connectivity index (χ4v) is 2.61. The Balaban J connectivity index is 2.15. The first-order valence-electron chi connectivity index (χ1n) is 6.90. The van der Waals surface area contributed by atoms with Crippen LogP contribution in [0, 0.1) is 0 Å². The molecule has 3 aromatic rings. The predicted molar refractivity (Wildman–Crippen MR) is 82.7 cm³/mol. The Kier molecular flexibility index (Phi) is 3.38. The molecule has 0 saturated heterocycles. The zero-order valence-electron chi connectivity index (χ0n) is 11.5. The number of hydrogen-bond donors (Lipinski definition) is 1. The van der Waals surface area contributed by atoms with Gasteiger partial charge in [-0.1, -0.05) is 48.5 Å². The molecule has 0 radical (unpaired) electrons. The van der Waals surface area contributed by atoms with E-state index < -0.39 is 0 Å². The number of carbonyl (C=O) groups excluding carboxylic acids is 1. The van der Waals surface area contributed by atoms with Gasteiger partial charge >= 0.3 is 0 Å². The number of ketones is 1. The van der Waals surface area contributed by atoms with Gasteiger partial charge in [-0.15, -0.1) is 0 Å². The smallest absolute Gasteiger partial charge is 0.130 e. The standard InChI is InChI=1S/C18H17NO/c1-13(20)11-12-16-15-9-5-6-10-17(15)19-18(16)14-7-3-2-4-8-14/h2-10,19H,11-12H2,1H3. The monoisotopic (exact) mass is 263 g/mol. The minimum absolute atomic E-state index is 0.231. The second kappa shape index (κ2) is 5.33. The number of Topliss-reactive ketones (excluding diaryl/α,β-unsaturated/α-hetero) is 1. The van der Waals surface area contributed by atoms with E-state index in [9.17, 15) is 4.79 Å². The maximum Gasteiger partial charge on any atom is 0.130 e. The number of rotatable bonds is 4. The molecule has 2 heteroatoms. The van der Waals surface area contributed by atoms with Gasteiger partial charge in [0.2, 0.25) is 0 Å². The normalized spacial score (nSPS) is 10.8. The number of carbonyl (C=O) groups is 1. The fraction of sp³-hybridized carbons (Fsp3) is 0.167. The van der Waals surface area contributed by atoms with E-state index in [1.54, 1.807) is 6.92 Å². The van der Waals surface area contributed by atoms with E-state index in [-0.39, 0.29) is 5.78 Å². The van der Waals surface area contributed by atoms with Crippen molar-refractivity contribution in [2.24, 2.45) is 0 Å². The summed E-state index contributed by atoms with van der Waals surface area (Å²) in [7, 11) is 0. The summed E-state index contributed by atoms with van der Waals surface area (Å²) in [5.74, 6) is 0.231. The Bertz CT molecular complexity index is 740. The summed E-state index contributed by atoms with van der Waals surface area (Å²) in [6.45, 7) is 1.65. The van der Waals surface area contributed by atoms with Crippen LogP contribution < -0.4 is 0 Å². The molecule has 0 fully saturated rings. The molecule has 0 saturated carbocycles. The number of aromatic amines is 1. The second-order valence-electron chi connectivity index (χ2n) is 5.09. The molecule has 0 aliphatic carbocycles. The summed E-state index contributed by atoms with van der Waals surface area (Å²) in [5, 5.41) is 1.22. The molecular weight excluding hydrogens is 246 g/mol. The molecule has 0 bridgehead atoms. The number of fused-ring (bicyclic) bond motifs is 1. The van der Waals surface area contributed by atoms with Crippen molar-refractivity contribution >= 4 is 16.7 Å². The molecule has 2 nitrogen and oxygen atoms in total. The average Bonchev–Trinajstić information content (AvgIpc) is 2.84. The topological polar surface area (TPSA) is 32.9 Å². The molecule has 3 rings (SSSR count). The fourth-order valence-electron chi connectivity index (χ4n) is 2.61. The summed E-state index contributed by atoms with van der Waals surface area (Å²) in [5.41, 5.74) is 4.67. The van der Waals surface area contributed by atoms with E-state index in [0.29, 0.717) is 6.42 Å². The van der Waals surface area contributed by atoms with Crippen LogP contribution in [0.15, 0.2) is 54.6 Å². The first kappa shape index (κ1) is 12.7. The van der Waals surface area contributed by atoms with Crippen molar-refractivity contribution in [3.63, 3.8) is 0 Å². The minimum Gasteiger partial charge on any atom is -0.354 e. The maximum absolute atomic E-state index is 11.3. The number of H-pyrrole nitrogens is 1. The van der Waals surface area contributed by atoms with Crippen LogP contribution in [-0.2, 0) is 11.2 Å². The van der Waals surface area contributed by atoms with E-state index in [1.165, 1.54) is 16.5 Å². The van der Waals surface area contributed by atoms with Crippen LogP contribution in [0.4, 0.5) is 0 Å². The molecule has 100 valence electrons. The number of para-hydroxylation sites is 1. The molecular formula is C18H17NO. The van der Waals surface area contributed by atoms with Gasteiger partial charge in [-0.25, -0.2) is 0 Å². The Morgan fingerprint density at radius 2 is 1.70 bits per heavy atom. The molecule has 0 amide bonds. The first-order chi connectivity index (χ1) is 9.75. The van der Waals surface area contributed by atoms with Gasteiger partial charge in [-0.2, -0.15) is 0 Å². The molecule has 0 aliphatic rings. The molecule has 0 unspecified atom stereocenters. The average molecular weight is 263 g/mol. The van der Waals surface area contributed by atoms with E-state index in [1.807, 2.05) is 30.3 Å². The van der Waals surface area contributed by atoms with Crippen molar-refractivity contribution in [2.75, 3.05) is 0 Å². The lowest BCUT2D eigenvalue weighted by Gasteiger charge is -2.04. The van der Waals surface area contributed by atoms with Crippen molar-refractivity contribution in [1.82, 2.24) is 4.98 Å². The van der Waals surface area contributed by atoms with Crippen molar-refractivity contribution < 1.29 is 4.79 Å². The molecule has 1 N–H and O–H groups in total. The number of aryl methyl sites for hydroxylation is 1. The van der Waals surface area contributed by atoms with Crippen LogP contribution in [-0.4, -0.2) is 10.8 Å². The van der Waals surface area contributed by atoms with Gasteiger partial charge in [0.15, 0.2) is 0 Å². The third kappa shape index (κ3) is 2.37. The number of benzene rings is 2. The molecule has 1 heterocycles. The van der Waals surface area contributed by atoms with Crippen LogP contribution in [0.3, 0.4) is 0 Å². The van der Waals surface area contributed by atoms with Gasteiger partial charge in [0.25, 0.3) is 0 Å². The SMILES string of the molecule is CC(=O)CCc1c(-c2ccccc2)[nH]c2ccccc12. The lowest BCUT2D eigenvalue weighted by Crippen LogP contribution is -1.95. The lowest BCUT2D eigenvalue weighted by atomic mass is 10.0. The molecule has 0 aliphatic heterocycles. The first-order valence-corrected chi connectivity index (χ1v) is 6.90. The van der Waals surface area contributed by atoms with Crippen LogP contribution in [0.5, 0.6) is 0 Å². The summed E-state index contributed by atoms with van der Waals surface area (Å²) in [6.07, 6.45) is 1.37. The lowest BCUT2D eigenvalue weighted by molar-refractivity contribution is -0.116. The van der Waals surface area contributed by atoms with Gasteiger partial charge in [0, 0.05) is 23.0 Å². The number of nitrogens with one attached hydrogen (secondary N) is 1. The van der Waals surface area contributed by atoms with E-state index in [2.05, 4.69) is 29.2 Å². The third-order valence-corrected chi connectivity index (χ3v) is 3.60. The van der Waals surface area contributed by atoms with E-state index in [4.69, 9.17) is 0 Å². The van der Waals surface area contributed by atoms with Crippen LogP contribution in [0.2, 0.25) is 0 Å². The van der Waals surface area contributed by atoms with Gasteiger partial charge < -0.3 is 9.78 Å². The van der Waals surface area contributed by atoms with Gasteiger partial charge in [0.1, 0.15) is 5.78 Å². The van der Waals surface area contributed by atoms with Crippen molar-refractivity contribution in [3.05, 3.63) is 60.2 Å². The van der Waals surface area contributed by atoms with Crippen LogP contribution >= 0.6 is 0 Å². The Hall–Kier alpha value is -2.35. The van der Waals surface area contributed by atoms with Crippen LogP contribution in [0.25, 0.3) is 22.2 Å². The summed E-state index contributed by atoms with van der Waals surface area (Å²) >= 11 is 0. The van der Waals surface area contributed by atoms with Crippen molar-refractivity contribution in [1.29, 1.82) is 0 Å². The Labute approximate surface area is 118 Å². The highest BCUT2D eigenvalue weighted by Gasteiger charge is 2.12. The Morgan fingerprint density at radius 3 is 2.45 bits per heavy atom. The quantitative estimate of drug-likeness (QED) is 0.745. The van der Waals surface area contributed by atoms with E-state index >= 15 is 0 Å². The zero-order valence-corrected chi connectivity index (χ0v) is 11.5. The summed E-state index contributed by atoms with van der Waals surface area (Å²) in [4.78, 5) is 14.8. The second-order valence-corrected chi connectivity index (χ2v) is 5.09. The van der Waals surface area contributed by atoms with Crippen molar-refractivity contribution in [3.8, 4) is 11.3 Å². The van der Waals surface area contributed by atoms with Gasteiger partial charge in [0.05, 0.1) is 0 Å². The summed E-state index contributed by atoms with van der Waals surface area (Å²) in [6, 6.07) is 18.6.